The third kappa shape index (κ3) is 3.73. The van der Waals surface area contributed by atoms with E-state index in [1.54, 1.807) is 4.90 Å². The number of nitrogens with two attached hydrogens (primary N) is 1. The van der Waals surface area contributed by atoms with E-state index < -0.39 is 0 Å². The summed E-state index contributed by atoms with van der Waals surface area (Å²) < 4.78 is 0. The van der Waals surface area contributed by atoms with Gasteiger partial charge in [0, 0.05) is 12.6 Å². The summed E-state index contributed by atoms with van der Waals surface area (Å²) in [4.78, 5) is 21.3. The average molecular weight is 272 g/mol. The van der Waals surface area contributed by atoms with Crippen molar-refractivity contribution in [3.63, 3.8) is 0 Å². The van der Waals surface area contributed by atoms with E-state index in [9.17, 15) is 4.79 Å². The molecular weight excluding hydrogens is 254 g/mol. The highest BCUT2D eigenvalue weighted by molar-refractivity contribution is 6.32. The van der Waals surface area contributed by atoms with E-state index in [1.165, 1.54) is 6.33 Å². The minimum atomic E-state index is -0.0824. The molecule has 18 heavy (non-hydrogen) atoms. The Kier molecular flexibility index (Phi) is 5.15. The van der Waals surface area contributed by atoms with E-state index in [2.05, 4.69) is 15.3 Å². The van der Waals surface area contributed by atoms with Crippen LogP contribution >= 0.6 is 11.6 Å². The Balaban J connectivity index is 2.83. The van der Waals surface area contributed by atoms with Crippen molar-refractivity contribution in [1.82, 2.24) is 15.3 Å². The van der Waals surface area contributed by atoms with Crippen molar-refractivity contribution in [3.8, 4) is 0 Å². The van der Waals surface area contributed by atoms with Crippen LogP contribution in [0.2, 0.25) is 5.15 Å². The number of nitrogens with one attached hydrogen (secondary N) is 1. The molecule has 100 valence electrons. The van der Waals surface area contributed by atoms with Crippen molar-refractivity contribution >= 4 is 29.0 Å². The van der Waals surface area contributed by atoms with Crippen molar-refractivity contribution in [2.45, 2.75) is 26.8 Å². The Labute approximate surface area is 112 Å². The minimum Gasteiger partial charge on any atom is -0.393 e. The highest BCUT2D eigenvalue weighted by Gasteiger charge is 2.16. The zero-order valence-corrected chi connectivity index (χ0v) is 11.5. The molecule has 0 saturated heterocycles. The van der Waals surface area contributed by atoms with Crippen LogP contribution in [0, 0.1) is 0 Å². The molecule has 0 spiro atoms. The number of carbonyl (C=O) groups excluding carboxylic acids is 1. The summed E-state index contributed by atoms with van der Waals surface area (Å²) in [6.45, 7) is 6.52. The number of likely N-dealkylation sites (N-methyl/N-ethyl adjacent to an activating group) is 1. The number of aromatic nitrogens is 2. The van der Waals surface area contributed by atoms with Gasteiger partial charge in [0.1, 0.15) is 12.0 Å². The Morgan fingerprint density at radius 2 is 2.22 bits per heavy atom. The number of hydrogen-bond acceptors (Lipinski definition) is 5. The predicted octanol–water partition coefficient (Wildman–Crippen LogP) is 1.06. The van der Waals surface area contributed by atoms with Gasteiger partial charge in [-0.3, -0.25) is 4.79 Å². The molecule has 1 rings (SSSR count). The average Bonchev–Trinajstić information content (AvgIpc) is 2.29. The van der Waals surface area contributed by atoms with Crippen LogP contribution in [0.15, 0.2) is 6.33 Å². The monoisotopic (exact) mass is 271 g/mol. The number of nitrogen functional groups attached to an aromatic ring is 1. The first-order valence-electron chi connectivity index (χ1n) is 5.76. The lowest BCUT2D eigenvalue weighted by Gasteiger charge is -2.23. The number of amides is 1. The van der Waals surface area contributed by atoms with Gasteiger partial charge in [0.05, 0.1) is 6.54 Å². The van der Waals surface area contributed by atoms with Crippen LogP contribution < -0.4 is 16.0 Å². The summed E-state index contributed by atoms with van der Waals surface area (Å²) in [5.74, 6) is 0.400. The van der Waals surface area contributed by atoms with Gasteiger partial charge in [-0.15, -0.1) is 0 Å². The minimum absolute atomic E-state index is 0.0824. The Bertz CT molecular complexity index is 424. The summed E-state index contributed by atoms with van der Waals surface area (Å²) in [6.07, 6.45) is 1.33. The summed E-state index contributed by atoms with van der Waals surface area (Å²) in [5, 5.41) is 3.01. The summed E-state index contributed by atoms with van der Waals surface area (Å²) in [6, 6.07) is 0.0996. The van der Waals surface area contributed by atoms with Gasteiger partial charge in [0.15, 0.2) is 11.0 Å². The fourth-order valence-corrected chi connectivity index (χ4v) is 1.62. The first-order chi connectivity index (χ1) is 8.45. The lowest BCUT2D eigenvalue weighted by molar-refractivity contribution is -0.120. The van der Waals surface area contributed by atoms with E-state index in [1.807, 2.05) is 20.8 Å². The van der Waals surface area contributed by atoms with Gasteiger partial charge in [-0.2, -0.15) is 0 Å². The van der Waals surface area contributed by atoms with Gasteiger partial charge in [0.2, 0.25) is 5.91 Å². The lowest BCUT2D eigenvalue weighted by atomic mass is 10.3. The predicted molar refractivity (Wildman–Crippen MR) is 72.6 cm³/mol. The molecule has 0 unspecified atom stereocenters. The zero-order chi connectivity index (χ0) is 13.7. The third-order valence-electron chi connectivity index (χ3n) is 2.28. The second kappa shape index (κ2) is 6.39. The number of hydrogen-bond donors (Lipinski definition) is 2. The molecule has 0 bridgehead atoms. The molecule has 1 aromatic rings. The van der Waals surface area contributed by atoms with Gasteiger partial charge >= 0.3 is 0 Å². The number of halogens is 1. The number of anilines is 2. The maximum atomic E-state index is 11.7. The van der Waals surface area contributed by atoms with Crippen molar-refractivity contribution in [2.24, 2.45) is 0 Å². The molecule has 0 saturated carbocycles. The normalized spacial score (nSPS) is 10.5. The molecule has 0 radical (unpaired) electrons. The third-order valence-corrected chi connectivity index (χ3v) is 2.58. The van der Waals surface area contributed by atoms with Crippen LogP contribution in [0.3, 0.4) is 0 Å². The summed E-state index contributed by atoms with van der Waals surface area (Å²) in [7, 11) is 0. The van der Waals surface area contributed by atoms with Crippen molar-refractivity contribution in [1.29, 1.82) is 0 Å². The van der Waals surface area contributed by atoms with Crippen molar-refractivity contribution in [2.75, 3.05) is 23.7 Å². The van der Waals surface area contributed by atoms with Gasteiger partial charge in [-0.1, -0.05) is 11.6 Å². The molecule has 7 heteroatoms. The molecule has 6 nitrogen and oxygen atoms in total. The molecule has 0 aliphatic rings. The van der Waals surface area contributed by atoms with E-state index in [0.717, 1.165) is 0 Å². The summed E-state index contributed by atoms with van der Waals surface area (Å²) >= 11 is 5.83. The Morgan fingerprint density at radius 3 is 2.78 bits per heavy atom. The molecule has 0 aromatic carbocycles. The highest BCUT2D eigenvalue weighted by atomic mass is 35.5. The molecule has 3 N–H and O–H groups in total. The number of carbonyl (C=O) groups is 1. The fourth-order valence-electron chi connectivity index (χ4n) is 1.50. The maximum absolute atomic E-state index is 11.7. The molecule has 0 aliphatic heterocycles. The van der Waals surface area contributed by atoms with Gasteiger partial charge in [-0.25, -0.2) is 9.97 Å². The van der Waals surface area contributed by atoms with Crippen molar-refractivity contribution < 1.29 is 4.79 Å². The molecule has 0 fully saturated rings. The largest absolute Gasteiger partial charge is 0.393 e. The van der Waals surface area contributed by atoms with Gasteiger partial charge in [-0.05, 0) is 20.8 Å². The van der Waals surface area contributed by atoms with E-state index in [4.69, 9.17) is 17.3 Å². The molecule has 1 amide bonds. The molecule has 1 aromatic heterocycles. The second-order valence-corrected chi connectivity index (χ2v) is 4.50. The molecule has 1 heterocycles. The van der Waals surface area contributed by atoms with Crippen molar-refractivity contribution in [3.05, 3.63) is 11.5 Å². The smallest absolute Gasteiger partial charge is 0.239 e. The van der Waals surface area contributed by atoms with Gasteiger partial charge in [0.25, 0.3) is 0 Å². The lowest BCUT2D eigenvalue weighted by Crippen LogP contribution is -2.40. The van der Waals surface area contributed by atoms with Crippen LogP contribution in [0.1, 0.15) is 20.8 Å². The van der Waals surface area contributed by atoms with Crippen LogP contribution in [0.25, 0.3) is 0 Å². The van der Waals surface area contributed by atoms with Crippen LogP contribution in [0.5, 0.6) is 0 Å². The first kappa shape index (κ1) is 14.5. The van der Waals surface area contributed by atoms with Gasteiger partial charge < -0.3 is 16.0 Å². The van der Waals surface area contributed by atoms with Crippen LogP contribution in [-0.2, 0) is 4.79 Å². The molecule has 0 aliphatic carbocycles. The van der Waals surface area contributed by atoms with E-state index in [-0.39, 0.29) is 23.6 Å². The zero-order valence-electron chi connectivity index (χ0n) is 10.8. The van der Waals surface area contributed by atoms with E-state index in [0.29, 0.717) is 18.1 Å². The standard InChI is InChI=1S/C11H18ClN5O/c1-4-17(5-8(18)16-7(2)3)11-9(13)10(12)14-6-15-11/h6-7H,4-5,13H2,1-3H3,(H,16,18). The highest BCUT2D eigenvalue weighted by Crippen LogP contribution is 2.25. The van der Waals surface area contributed by atoms with Crippen LogP contribution in [0.4, 0.5) is 11.5 Å². The Morgan fingerprint density at radius 1 is 1.56 bits per heavy atom. The summed E-state index contributed by atoms with van der Waals surface area (Å²) in [5.41, 5.74) is 6.10. The quantitative estimate of drug-likeness (QED) is 0.783. The van der Waals surface area contributed by atoms with E-state index >= 15 is 0 Å². The Hall–Kier alpha value is -1.56. The molecular formula is C11H18ClN5O. The number of nitrogens with zero attached hydrogens (tertiary/aromatic N) is 3. The van der Waals surface area contributed by atoms with Crippen LogP contribution in [-0.4, -0.2) is 35.0 Å². The second-order valence-electron chi connectivity index (χ2n) is 4.14. The first-order valence-corrected chi connectivity index (χ1v) is 6.13. The maximum Gasteiger partial charge on any atom is 0.239 e. The molecule has 0 atom stereocenters. The number of rotatable bonds is 5. The fraction of sp³-hybridized carbons (Fsp3) is 0.545. The topological polar surface area (TPSA) is 84.1 Å². The SMILES string of the molecule is CCN(CC(=O)NC(C)C)c1ncnc(Cl)c1N.